The van der Waals surface area contributed by atoms with Crippen LogP contribution in [-0.4, -0.2) is 30.4 Å². The third kappa shape index (κ3) is 2.86. The molecule has 1 aromatic carbocycles. The summed E-state index contributed by atoms with van der Waals surface area (Å²) in [6, 6.07) is 7.90. The average Bonchev–Trinajstić information content (AvgIpc) is 2.36. The Morgan fingerprint density at radius 3 is 3.00 bits per heavy atom. The molecule has 0 aromatic heterocycles. The molecule has 0 radical (unpaired) electrons. The number of nitrogens with zero attached hydrogens (tertiary/aromatic N) is 1. The van der Waals surface area contributed by atoms with Gasteiger partial charge in [-0.2, -0.15) is 0 Å². The van der Waals surface area contributed by atoms with Crippen LogP contribution in [0.25, 0.3) is 0 Å². The molecular formula is C14H20N2O. The smallest absolute Gasteiger partial charge is 0.254 e. The van der Waals surface area contributed by atoms with Gasteiger partial charge in [-0.1, -0.05) is 31.5 Å². The van der Waals surface area contributed by atoms with Crippen molar-refractivity contribution in [1.29, 1.82) is 0 Å². The van der Waals surface area contributed by atoms with E-state index < -0.39 is 0 Å². The number of amides is 1. The highest BCUT2D eigenvalue weighted by Crippen LogP contribution is 2.14. The van der Waals surface area contributed by atoms with E-state index in [0.29, 0.717) is 0 Å². The molecule has 3 nitrogen and oxygen atoms in total. The lowest BCUT2D eigenvalue weighted by Gasteiger charge is -2.26. The Bertz CT molecular complexity index is 390. The predicted molar refractivity (Wildman–Crippen MR) is 69.0 cm³/mol. The number of rotatable bonds is 3. The SMILES string of the molecule is CCCCN1CCNCc2ccccc2C1=O. The molecular weight excluding hydrogens is 212 g/mol. The molecule has 0 atom stereocenters. The Hall–Kier alpha value is -1.35. The third-order valence-electron chi connectivity index (χ3n) is 3.19. The van der Waals surface area contributed by atoms with E-state index in [-0.39, 0.29) is 5.91 Å². The van der Waals surface area contributed by atoms with E-state index in [1.807, 2.05) is 29.2 Å². The predicted octanol–water partition coefficient (Wildman–Crippen LogP) is 2.03. The summed E-state index contributed by atoms with van der Waals surface area (Å²) in [4.78, 5) is 14.4. The second kappa shape index (κ2) is 5.82. The van der Waals surface area contributed by atoms with Crippen LogP contribution in [0.4, 0.5) is 0 Å². The number of hydrogen-bond donors (Lipinski definition) is 1. The van der Waals surface area contributed by atoms with Crippen molar-refractivity contribution in [1.82, 2.24) is 10.2 Å². The van der Waals surface area contributed by atoms with Crippen molar-refractivity contribution in [2.24, 2.45) is 0 Å². The van der Waals surface area contributed by atoms with Crippen LogP contribution in [0.2, 0.25) is 0 Å². The van der Waals surface area contributed by atoms with Crippen LogP contribution in [0, 0.1) is 0 Å². The summed E-state index contributed by atoms with van der Waals surface area (Å²) >= 11 is 0. The van der Waals surface area contributed by atoms with Gasteiger partial charge in [-0.25, -0.2) is 0 Å². The minimum atomic E-state index is 0.190. The minimum absolute atomic E-state index is 0.190. The molecule has 1 aliphatic heterocycles. The molecule has 1 N–H and O–H groups in total. The maximum absolute atomic E-state index is 12.4. The van der Waals surface area contributed by atoms with Crippen LogP contribution in [0.1, 0.15) is 35.7 Å². The van der Waals surface area contributed by atoms with Gasteiger partial charge < -0.3 is 10.2 Å². The van der Waals surface area contributed by atoms with Crippen LogP contribution in [0.3, 0.4) is 0 Å². The molecule has 3 heteroatoms. The van der Waals surface area contributed by atoms with Crippen LogP contribution in [0.5, 0.6) is 0 Å². The van der Waals surface area contributed by atoms with E-state index >= 15 is 0 Å². The van der Waals surface area contributed by atoms with Gasteiger partial charge in [0.2, 0.25) is 0 Å². The number of nitrogens with one attached hydrogen (secondary N) is 1. The van der Waals surface area contributed by atoms with Gasteiger partial charge in [0, 0.05) is 31.7 Å². The van der Waals surface area contributed by atoms with Crippen molar-refractivity contribution in [3.8, 4) is 0 Å². The van der Waals surface area contributed by atoms with E-state index in [4.69, 9.17) is 0 Å². The van der Waals surface area contributed by atoms with Gasteiger partial charge in [0.25, 0.3) is 5.91 Å². The second-order valence-electron chi connectivity index (χ2n) is 4.48. The fourth-order valence-corrected chi connectivity index (χ4v) is 2.15. The summed E-state index contributed by atoms with van der Waals surface area (Å²) < 4.78 is 0. The highest BCUT2D eigenvalue weighted by atomic mass is 16.2. The molecule has 2 rings (SSSR count). The number of carbonyl (C=O) groups is 1. The third-order valence-corrected chi connectivity index (χ3v) is 3.19. The van der Waals surface area contributed by atoms with E-state index in [2.05, 4.69) is 12.2 Å². The Morgan fingerprint density at radius 1 is 1.35 bits per heavy atom. The number of fused-ring (bicyclic) bond motifs is 1. The lowest BCUT2D eigenvalue weighted by Crippen LogP contribution is -2.40. The van der Waals surface area contributed by atoms with Gasteiger partial charge >= 0.3 is 0 Å². The summed E-state index contributed by atoms with van der Waals surface area (Å²) in [5.41, 5.74) is 1.97. The zero-order chi connectivity index (χ0) is 12.1. The van der Waals surface area contributed by atoms with Crippen molar-refractivity contribution in [3.63, 3.8) is 0 Å². The molecule has 17 heavy (non-hydrogen) atoms. The van der Waals surface area contributed by atoms with Crippen molar-refractivity contribution in [2.45, 2.75) is 26.3 Å². The Kier molecular flexibility index (Phi) is 4.15. The summed E-state index contributed by atoms with van der Waals surface area (Å²) in [7, 11) is 0. The first-order valence-corrected chi connectivity index (χ1v) is 6.41. The molecule has 1 amide bonds. The molecule has 1 aliphatic rings. The number of unbranched alkanes of at least 4 members (excludes halogenated alkanes) is 1. The average molecular weight is 232 g/mol. The first-order valence-electron chi connectivity index (χ1n) is 6.41. The summed E-state index contributed by atoms with van der Waals surface area (Å²) in [5, 5.41) is 3.38. The summed E-state index contributed by atoms with van der Waals surface area (Å²) in [6.07, 6.45) is 2.20. The van der Waals surface area contributed by atoms with Gasteiger partial charge in [-0.05, 0) is 18.1 Å². The second-order valence-corrected chi connectivity index (χ2v) is 4.48. The van der Waals surface area contributed by atoms with Crippen molar-refractivity contribution in [2.75, 3.05) is 19.6 Å². The van der Waals surface area contributed by atoms with Crippen molar-refractivity contribution >= 4 is 5.91 Å². The number of carbonyl (C=O) groups excluding carboxylic acids is 1. The molecule has 92 valence electrons. The molecule has 0 saturated heterocycles. The fourth-order valence-electron chi connectivity index (χ4n) is 2.15. The highest BCUT2D eigenvalue weighted by molar-refractivity contribution is 5.95. The Balaban J connectivity index is 2.21. The standard InChI is InChI=1S/C14H20N2O/c1-2-3-9-16-10-8-15-11-12-6-4-5-7-13(12)14(16)17/h4-7,15H,2-3,8-11H2,1H3. The largest absolute Gasteiger partial charge is 0.337 e. The van der Waals surface area contributed by atoms with E-state index in [1.165, 1.54) is 0 Å². The number of hydrogen-bond acceptors (Lipinski definition) is 2. The van der Waals surface area contributed by atoms with Crippen LogP contribution < -0.4 is 5.32 Å². The van der Waals surface area contributed by atoms with Crippen LogP contribution in [0.15, 0.2) is 24.3 Å². The molecule has 1 heterocycles. The Labute approximate surface area is 103 Å². The monoisotopic (exact) mass is 232 g/mol. The molecule has 0 saturated carbocycles. The molecule has 0 unspecified atom stereocenters. The topological polar surface area (TPSA) is 32.3 Å². The lowest BCUT2D eigenvalue weighted by atomic mass is 10.0. The molecule has 0 bridgehead atoms. The lowest BCUT2D eigenvalue weighted by molar-refractivity contribution is 0.0748. The van der Waals surface area contributed by atoms with E-state index in [0.717, 1.165) is 50.1 Å². The normalized spacial score (nSPS) is 16.3. The van der Waals surface area contributed by atoms with Crippen LogP contribution in [-0.2, 0) is 6.54 Å². The maximum atomic E-state index is 12.4. The minimum Gasteiger partial charge on any atom is -0.337 e. The van der Waals surface area contributed by atoms with E-state index in [1.54, 1.807) is 0 Å². The zero-order valence-electron chi connectivity index (χ0n) is 10.4. The first-order chi connectivity index (χ1) is 8.33. The molecule has 0 aliphatic carbocycles. The Morgan fingerprint density at radius 2 is 2.18 bits per heavy atom. The number of benzene rings is 1. The summed E-state index contributed by atoms with van der Waals surface area (Å²) in [6.45, 7) is 5.51. The molecule has 1 aromatic rings. The molecule has 0 fully saturated rings. The van der Waals surface area contributed by atoms with Crippen LogP contribution >= 0.6 is 0 Å². The quantitative estimate of drug-likeness (QED) is 0.865. The van der Waals surface area contributed by atoms with E-state index in [9.17, 15) is 4.79 Å². The van der Waals surface area contributed by atoms with Crippen molar-refractivity contribution < 1.29 is 4.79 Å². The zero-order valence-corrected chi connectivity index (χ0v) is 10.4. The summed E-state index contributed by atoms with van der Waals surface area (Å²) in [5.74, 6) is 0.190. The van der Waals surface area contributed by atoms with Gasteiger partial charge in [0.1, 0.15) is 0 Å². The molecule has 0 spiro atoms. The fraction of sp³-hybridized carbons (Fsp3) is 0.500. The maximum Gasteiger partial charge on any atom is 0.254 e. The van der Waals surface area contributed by atoms with Gasteiger partial charge in [0.05, 0.1) is 0 Å². The first kappa shape index (κ1) is 12.1. The van der Waals surface area contributed by atoms with Gasteiger partial charge in [-0.15, -0.1) is 0 Å². The van der Waals surface area contributed by atoms with Gasteiger partial charge in [0.15, 0.2) is 0 Å². The van der Waals surface area contributed by atoms with Crippen molar-refractivity contribution in [3.05, 3.63) is 35.4 Å². The van der Waals surface area contributed by atoms with Gasteiger partial charge in [-0.3, -0.25) is 4.79 Å². The highest BCUT2D eigenvalue weighted by Gasteiger charge is 2.19.